The Labute approximate surface area is 71.5 Å². The summed E-state index contributed by atoms with van der Waals surface area (Å²) in [7, 11) is 0. The zero-order valence-electron chi connectivity index (χ0n) is 6.77. The van der Waals surface area contributed by atoms with Gasteiger partial charge in [0.1, 0.15) is 6.10 Å². The molecule has 12 heavy (non-hydrogen) atoms. The van der Waals surface area contributed by atoms with E-state index in [9.17, 15) is 5.11 Å². The van der Waals surface area contributed by atoms with Gasteiger partial charge in [-0.3, -0.25) is 0 Å². The summed E-state index contributed by atoms with van der Waals surface area (Å²) < 4.78 is 0. The summed E-state index contributed by atoms with van der Waals surface area (Å²) in [4.78, 5) is 0. The number of nitrogens with two attached hydrogens (primary N) is 1. The van der Waals surface area contributed by atoms with Crippen molar-refractivity contribution >= 4 is 0 Å². The van der Waals surface area contributed by atoms with Gasteiger partial charge in [0.25, 0.3) is 0 Å². The third kappa shape index (κ3) is 2.04. The summed E-state index contributed by atoms with van der Waals surface area (Å²) in [5.74, 6) is 0. The van der Waals surface area contributed by atoms with E-state index in [1.807, 2.05) is 12.1 Å². The fourth-order valence-corrected chi connectivity index (χ4v) is 1.03. The first kappa shape index (κ1) is 9.19. The Morgan fingerprint density at radius 3 is 2.75 bits per heavy atom. The van der Waals surface area contributed by atoms with Gasteiger partial charge < -0.3 is 15.9 Å². The maximum absolute atomic E-state index is 9.26. The van der Waals surface area contributed by atoms with E-state index in [0.29, 0.717) is 12.1 Å². The molecule has 0 saturated carbocycles. The molecule has 0 aliphatic heterocycles. The van der Waals surface area contributed by atoms with Crippen molar-refractivity contribution < 1.29 is 10.2 Å². The number of benzene rings is 1. The Kier molecular flexibility index (Phi) is 3.22. The van der Waals surface area contributed by atoms with Crippen LogP contribution < -0.4 is 5.73 Å². The summed E-state index contributed by atoms with van der Waals surface area (Å²) >= 11 is 0. The second-order valence-corrected chi connectivity index (χ2v) is 2.65. The van der Waals surface area contributed by atoms with Crippen molar-refractivity contribution in [1.82, 2.24) is 0 Å². The molecular weight excluding hydrogens is 154 g/mol. The minimum absolute atomic E-state index is 0.256. The van der Waals surface area contributed by atoms with Crippen molar-refractivity contribution in [2.75, 3.05) is 6.61 Å². The van der Waals surface area contributed by atoms with Gasteiger partial charge >= 0.3 is 0 Å². The largest absolute Gasteiger partial charge is 0.393 e. The molecule has 1 aromatic carbocycles. The first-order valence-electron chi connectivity index (χ1n) is 3.85. The van der Waals surface area contributed by atoms with Crippen LogP contribution >= 0.6 is 0 Å². The van der Waals surface area contributed by atoms with Crippen LogP contribution in [-0.2, 0) is 6.54 Å². The lowest BCUT2D eigenvalue weighted by Crippen LogP contribution is -2.04. The van der Waals surface area contributed by atoms with Crippen LogP contribution in [0.5, 0.6) is 0 Å². The molecule has 0 aliphatic carbocycles. The zero-order valence-corrected chi connectivity index (χ0v) is 6.77. The fraction of sp³-hybridized carbons (Fsp3) is 0.333. The lowest BCUT2D eigenvalue weighted by atomic mass is 10.1. The highest BCUT2D eigenvalue weighted by Crippen LogP contribution is 2.13. The standard InChI is InChI=1S/C9H13NO2/c10-5-7-2-1-3-8(4-7)9(12)6-11/h1-4,9,11-12H,5-6,10H2. The van der Waals surface area contributed by atoms with Crippen LogP contribution in [0, 0.1) is 0 Å². The highest BCUT2D eigenvalue weighted by atomic mass is 16.3. The van der Waals surface area contributed by atoms with Crippen LogP contribution in [0.15, 0.2) is 24.3 Å². The van der Waals surface area contributed by atoms with Crippen LogP contribution in [0.2, 0.25) is 0 Å². The molecule has 1 rings (SSSR count). The normalized spacial score (nSPS) is 12.9. The molecule has 66 valence electrons. The first-order valence-corrected chi connectivity index (χ1v) is 3.85. The molecule has 0 bridgehead atoms. The van der Waals surface area contributed by atoms with Gasteiger partial charge in [-0.2, -0.15) is 0 Å². The number of aliphatic hydroxyl groups excluding tert-OH is 2. The Morgan fingerprint density at radius 2 is 2.17 bits per heavy atom. The predicted octanol–water partition coefficient (Wildman–Crippen LogP) is 0.171. The Hall–Kier alpha value is -0.900. The molecule has 0 aromatic heterocycles. The smallest absolute Gasteiger partial charge is 0.102 e. The second-order valence-electron chi connectivity index (χ2n) is 2.65. The van der Waals surface area contributed by atoms with Crippen LogP contribution in [0.3, 0.4) is 0 Å². The van der Waals surface area contributed by atoms with Crippen molar-refractivity contribution in [3.05, 3.63) is 35.4 Å². The average molecular weight is 167 g/mol. The van der Waals surface area contributed by atoms with Crippen molar-refractivity contribution in [2.45, 2.75) is 12.6 Å². The maximum atomic E-state index is 9.26. The van der Waals surface area contributed by atoms with Gasteiger partial charge in [-0.1, -0.05) is 24.3 Å². The summed E-state index contributed by atoms with van der Waals surface area (Å²) in [6.07, 6.45) is -0.795. The zero-order chi connectivity index (χ0) is 8.97. The second kappa shape index (κ2) is 4.21. The quantitative estimate of drug-likeness (QED) is 0.601. The van der Waals surface area contributed by atoms with Gasteiger partial charge in [0.15, 0.2) is 0 Å². The predicted molar refractivity (Wildman–Crippen MR) is 46.4 cm³/mol. The van der Waals surface area contributed by atoms with Crippen molar-refractivity contribution in [2.24, 2.45) is 5.73 Å². The third-order valence-electron chi connectivity index (χ3n) is 1.74. The van der Waals surface area contributed by atoms with E-state index in [0.717, 1.165) is 5.56 Å². The minimum atomic E-state index is -0.795. The number of aliphatic hydroxyl groups is 2. The molecule has 0 radical (unpaired) electrons. The maximum Gasteiger partial charge on any atom is 0.102 e. The number of rotatable bonds is 3. The summed E-state index contributed by atoms with van der Waals surface area (Å²) in [6.45, 7) is 0.194. The summed E-state index contributed by atoms with van der Waals surface area (Å²) in [5.41, 5.74) is 7.08. The number of hydrogen-bond donors (Lipinski definition) is 3. The van der Waals surface area contributed by atoms with Crippen LogP contribution in [0.4, 0.5) is 0 Å². The van der Waals surface area contributed by atoms with Crippen LogP contribution in [-0.4, -0.2) is 16.8 Å². The molecule has 0 spiro atoms. The van der Waals surface area contributed by atoms with Gasteiger partial charge in [0.2, 0.25) is 0 Å². The lowest BCUT2D eigenvalue weighted by molar-refractivity contribution is 0.0955. The molecule has 1 unspecified atom stereocenters. The van der Waals surface area contributed by atoms with Gasteiger partial charge in [0, 0.05) is 6.54 Å². The highest BCUT2D eigenvalue weighted by molar-refractivity contribution is 5.24. The fourth-order valence-electron chi connectivity index (χ4n) is 1.03. The van der Waals surface area contributed by atoms with Gasteiger partial charge in [-0.05, 0) is 11.1 Å². The molecule has 3 heteroatoms. The lowest BCUT2D eigenvalue weighted by Gasteiger charge is -2.08. The molecule has 4 N–H and O–H groups in total. The molecular formula is C9H13NO2. The molecule has 1 atom stereocenters. The number of hydrogen-bond acceptors (Lipinski definition) is 3. The topological polar surface area (TPSA) is 66.5 Å². The highest BCUT2D eigenvalue weighted by Gasteiger charge is 2.04. The third-order valence-corrected chi connectivity index (χ3v) is 1.74. The van der Waals surface area contributed by atoms with E-state index < -0.39 is 6.10 Å². The van der Waals surface area contributed by atoms with E-state index in [1.54, 1.807) is 12.1 Å². The molecule has 1 aromatic rings. The van der Waals surface area contributed by atoms with E-state index in [4.69, 9.17) is 10.8 Å². The van der Waals surface area contributed by atoms with Crippen molar-refractivity contribution in [1.29, 1.82) is 0 Å². The average Bonchev–Trinajstić information content (AvgIpc) is 2.17. The van der Waals surface area contributed by atoms with E-state index >= 15 is 0 Å². The summed E-state index contributed by atoms with van der Waals surface area (Å²) in [6, 6.07) is 7.25. The van der Waals surface area contributed by atoms with Crippen molar-refractivity contribution in [3.8, 4) is 0 Å². The molecule has 0 aliphatic rings. The molecule has 3 nitrogen and oxygen atoms in total. The molecule has 0 fully saturated rings. The summed E-state index contributed by atoms with van der Waals surface area (Å²) in [5, 5.41) is 17.9. The van der Waals surface area contributed by atoms with E-state index in [2.05, 4.69) is 0 Å². The monoisotopic (exact) mass is 167 g/mol. The molecule has 0 amide bonds. The van der Waals surface area contributed by atoms with Crippen LogP contribution in [0.1, 0.15) is 17.2 Å². The van der Waals surface area contributed by atoms with E-state index in [1.165, 1.54) is 0 Å². The minimum Gasteiger partial charge on any atom is -0.393 e. The Morgan fingerprint density at radius 1 is 1.42 bits per heavy atom. The SMILES string of the molecule is NCc1cccc(C(O)CO)c1. The van der Waals surface area contributed by atoms with Gasteiger partial charge in [-0.15, -0.1) is 0 Å². The molecule has 0 saturated heterocycles. The van der Waals surface area contributed by atoms with E-state index in [-0.39, 0.29) is 6.61 Å². The Balaban J connectivity index is 2.86. The van der Waals surface area contributed by atoms with Gasteiger partial charge in [0.05, 0.1) is 6.61 Å². The Bertz CT molecular complexity index is 250. The first-order chi connectivity index (χ1) is 5.77. The van der Waals surface area contributed by atoms with Crippen LogP contribution in [0.25, 0.3) is 0 Å². The van der Waals surface area contributed by atoms with Gasteiger partial charge in [-0.25, -0.2) is 0 Å². The van der Waals surface area contributed by atoms with Crippen molar-refractivity contribution in [3.63, 3.8) is 0 Å². The molecule has 0 heterocycles.